The van der Waals surface area contributed by atoms with E-state index in [1.54, 1.807) is 30.3 Å². The molecule has 7 heteroatoms. The third-order valence-electron chi connectivity index (χ3n) is 3.86. The minimum atomic E-state index is -0.445. The van der Waals surface area contributed by atoms with Crippen LogP contribution in [0.3, 0.4) is 0 Å². The van der Waals surface area contributed by atoms with Gasteiger partial charge in [0.05, 0.1) is 28.3 Å². The number of rotatable bonds is 5. The number of imide groups is 1. The van der Waals surface area contributed by atoms with Gasteiger partial charge in [0, 0.05) is 10.6 Å². The van der Waals surface area contributed by atoms with E-state index in [0.29, 0.717) is 32.6 Å². The lowest BCUT2D eigenvalue weighted by Crippen LogP contribution is -2.31. The van der Waals surface area contributed by atoms with Crippen molar-refractivity contribution in [3.8, 4) is 5.75 Å². The molecule has 4 nitrogen and oxygen atoms in total. The van der Waals surface area contributed by atoms with Crippen molar-refractivity contribution >= 4 is 58.0 Å². The van der Waals surface area contributed by atoms with E-state index >= 15 is 0 Å². The summed E-state index contributed by atoms with van der Waals surface area (Å²) in [6.45, 7) is 1.92. The number of thioether (sulfide) groups is 1. The molecule has 0 radical (unpaired) electrons. The highest BCUT2D eigenvalue weighted by atomic mass is 35.5. The molecule has 2 amide bonds. The predicted molar refractivity (Wildman–Crippen MR) is 107 cm³/mol. The normalized spacial score (nSPS) is 14.4. The monoisotopic (exact) mass is 407 g/mol. The maximum Gasteiger partial charge on any atom is 0.272 e. The Morgan fingerprint density at radius 3 is 2.50 bits per heavy atom. The van der Waals surface area contributed by atoms with Gasteiger partial charge in [0.15, 0.2) is 0 Å². The zero-order chi connectivity index (χ0) is 18.8. The molecule has 2 aromatic carbocycles. The Labute approximate surface area is 165 Å². The smallest absolute Gasteiger partial charge is 0.272 e. The molecule has 134 valence electrons. The number of benzene rings is 2. The summed E-state index contributed by atoms with van der Waals surface area (Å²) in [6, 6.07) is 11.8. The summed E-state index contributed by atoms with van der Waals surface area (Å²) < 4.78 is 5.38. The van der Waals surface area contributed by atoms with E-state index in [9.17, 15) is 9.59 Å². The molecule has 3 rings (SSSR count). The van der Waals surface area contributed by atoms with Crippen LogP contribution in [0.15, 0.2) is 47.4 Å². The second-order valence-corrected chi connectivity index (χ2v) is 7.50. The van der Waals surface area contributed by atoms with Gasteiger partial charge < -0.3 is 4.74 Å². The lowest BCUT2D eigenvalue weighted by Gasteiger charge is -2.17. The minimum Gasteiger partial charge on any atom is -0.496 e. The van der Waals surface area contributed by atoms with Gasteiger partial charge in [0.25, 0.3) is 11.8 Å². The zero-order valence-electron chi connectivity index (χ0n) is 14.1. The van der Waals surface area contributed by atoms with E-state index in [1.807, 2.05) is 13.0 Å². The second kappa shape index (κ2) is 7.74. The molecule has 0 unspecified atom stereocenters. The van der Waals surface area contributed by atoms with E-state index in [1.165, 1.54) is 24.9 Å². The quantitative estimate of drug-likeness (QED) is 0.651. The molecule has 0 aliphatic carbocycles. The standard InChI is InChI=1S/C19H15Cl2NO3S/c1-3-26-17-16(12-6-4-5-7-15(12)25-2)18(23)22(19(17)24)14-10-11(20)8-9-13(14)21/h4-10H,3H2,1-2H3. The number of methoxy groups -OCH3 is 1. The van der Waals surface area contributed by atoms with Crippen LogP contribution in [-0.2, 0) is 9.59 Å². The Morgan fingerprint density at radius 2 is 1.81 bits per heavy atom. The molecule has 0 aromatic heterocycles. The summed E-state index contributed by atoms with van der Waals surface area (Å²) in [5, 5.41) is 0.665. The van der Waals surface area contributed by atoms with Crippen LogP contribution in [0.1, 0.15) is 12.5 Å². The van der Waals surface area contributed by atoms with Gasteiger partial charge in [-0.25, -0.2) is 4.90 Å². The van der Waals surface area contributed by atoms with Crippen molar-refractivity contribution in [2.75, 3.05) is 17.8 Å². The van der Waals surface area contributed by atoms with Gasteiger partial charge in [-0.05, 0) is 30.0 Å². The summed E-state index contributed by atoms with van der Waals surface area (Å²) in [5.41, 5.74) is 1.16. The third kappa shape index (κ3) is 3.22. The van der Waals surface area contributed by atoms with E-state index in [2.05, 4.69) is 0 Å². The van der Waals surface area contributed by atoms with Crippen LogP contribution < -0.4 is 9.64 Å². The Hall–Kier alpha value is -1.95. The number of ether oxygens (including phenoxy) is 1. The average molecular weight is 408 g/mol. The van der Waals surface area contributed by atoms with Crippen LogP contribution in [0.5, 0.6) is 5.75 Å². The fourth-order valence-corrected chi connectivity index (χ4v) is 3.97. The third-order valence-corrected chi connectivity index (χ3v) is 5.37. The van der Waals surface area contributed by atoms with Gasteiger partial charge in [-0.2, -0.15) is 0 Å². The van der Waals surface area contributed by atoms with Crippen molar-refractivity contribution < 1.29 is 14.3 Å². The van der Waals surface area contributed by atoms with Gasteiger partial charge in [-0.1, -0.05) is 48.3 Å². The van der Waals surface area contributed by atoms with E-state index in [0.717, 1.165) is 4.90 Å². The number of anilines is 1. The Kier molecular flexibility index (Phi) is 5.61. The average Bonchev–Trinajstić information content (AvgIpc) is 2.87. The maximum absolute atomic E-state index is 13.2. The van der Waals surface area contributed by atoms with Gasteiger partial charge in [0.1, 0.15) is 5.75 Å². The molecule has 1 aliphatic heterocycles. The zero-order valence-corrected chi connectivity index (χ0v) is 16.4. The van der Waals surface area contributed by atoms with Crippen LogP contribution in [0.4, 0.5) is 5.69 Å². The van der Waals surface area contributed by atoms with E-state index < -0.39 is 11.8 Å². The van der Waals surface area contributed by atoms with Crippen LogP contribution in [0.25, 0.3) is 5.57 Å². The lowest BCUT2D eigenvalue weighted by atomic mass is 10.0. The molecule has 1 heterocycles. The first kappa shape index (κ1) is 18.8. The number of hydrogen-bond donors (Lipinski definition) is 0. The highest BCUT2D eigenvalue weighted by Gasteiger charge is 2.41. The van der Waals surface area contributed by atoms with Gasteiger partial charge in [-0.3, -0.25) is 9.59 Å². The van der Waals surface area contributed by atoms with Crippen LogP contribution in [-0.4, -0.2) is 24.7 Å². The molecule has 0 spiro atoms. The number of amides is 2. The number of halogens is 2. The second-order valence-electron chi connectivity index (χ2n) is 5.38. The molecule has 0 N–H and O–H groups in total. The number of nitrogens with zero attached hydrogens (tertiary/aromatic N) is 1. The van der Waals surface area contributed by atoms with Crippen molar-refractivity contribution in [2.24, 2.45) is 0 Å². The predicted octanol–water partition coefficient (Wildman–Crippen LogP) is 5.04. The molecule has 0 atom stereocenters. The van der Waals surface area contributed by atoms with Crippen LogP contribution >= 0.6 is 35.0 Å². The highest BCUT2D eigenvalue weighted by molar-refractivity contribution is 8.04. The molecular formula is C19H15Cl2NO3S. The molecule has 2 aromatic rings. The number of hydrogen-bond acceptors (Lipinski definition) is 4. The maximum atomic E-state index is 13.2. The van der Waals surface area contributed by atoms with Crippen molar-refractivity contribution in [2.45, 2.75) is 6.92 Å². The Bertz CT molecular complexity index is 927. The molecule has 0 saturated heterocycles. The van der Waals surface area contributed by atoms with Crippen molar-refractivity contribution in [3.63, 3.8) is 0 Å². The van der Waals surface area contributed by atoms with Gasteiger partial charge in [-0.15, -0.1) is 11.8 Å². The first-order chi connectivity index (χ1) is 12.5. The summed E-state index contributed by atoms with van der Waals surface area (Å²) in [7, 11) is 1.53. The molecule has 1 aliphatic rings. The Balaban J connectivity index is 2.18. The summed E-state index contributed by atoms with van der Waals surface area (Å²) in [6.07, 6.45) is 0. The first-order valence-corrected chi connectivity index (χ1v) is 9.58. The van der Waals surface area contributed by atoms with Crippen LogP contribution in [0.2, 0.25) is 10.0 Å². The first-order valence-electron chi connectivity index (χ1n) is 7.83. The number of para-hydroxylation sites is 1. The fourth-order valence-electron chi connectivity index (χ4n) is 2.75. The minimum absolute atomic E-state index is 0.272. The number of carbonyl (C=O) groups excluding carboxylic acids is 2. The van der Waals surface area contributed by atoms with Crippen molar-refractivity contribution in [3.05, 3.63) is 63.0 Å². The van der Waals surface area contributed by atoms with Crippen molar-refractivity contribution in [1.29, 1.82) is 0 Å². The molecule has 0 bridgehead atoms. The topological polar surface area (TPSA) is 46.6 Å². The van der Waals surface area contributed by atoms with E-state index in [4.69, 9.17) is 27.9 Å². The molecular weight excluding hydrogens is 393 g/mol. The fraction of sp³-hybridized carbons (Fsp3) is 0.158. The molecule has 26 heavy (non-hydrogen) atoms. The summed E-state index contributed by atoms with van der Waals surface area (Å²) >= 11 is 13.6. The van der Waals surface area contributed by atoms with Gasteiger partial charge >= 0.3 is 0 Å². The van der Waals surface area contributed by atoms with Crippen molar-refractivity contribution in [1.82, 2.24) is 0 Å². The lowest BCUT2D eigenvalue weighted by molar-refractivity contribution is -0.119. The van der Waals surface area contributed by atoms with E-state index in [-0.39, 0.29) is 10.7 Å². The summed E-state index contributed by atoms with van der Waals surface area (Å²) in [4.78, 5) is 27.7. The number of carbonyl (C=O) groups is 2. The largest absolute Gasteiger partial charge is 0.496 e. The molecule has 0 fully saturated rings. The molecule has 0 saturated carbocycles. The van der Waals surface area contributed by atoms with Crippen LogP contribution in [0, 0.1) is 0 Å². The highest BCUT2D eigenvalue weighted by Crippen LogP contribution is 2.43. The summed E-state index contributed by atoms with van der Waals surface area (Å²) in [5.74, 6) is 0.313. The SMILES string of the molecule is CCSC1=C(c2ccccc2OC)C(=O)N(c2cc(Cl)ccc2Cl)C1=O. The van der Waals surface area contributed by atoms with Gasteiger partial charge in [0.2, 0.25) is 0 Å². The Morgan fingerprint density at radius 1 is 1.08 bits per heavy atom.